The topological polar surface area (TPSA) is 118 Å². The smallest absolute Gasteiger partial charge is 0.497 e. The van der Waals surface area contributed by atoms with Gasteiger partial charge in [0.1, 0.15) is 23.8 Å². The number of halogens is 4. The van der Waals surface area contributed by atoms with Crippen LogP contribution in [0.25, 0.3) is 0 Å². The molecule has 1 fully saturated rings. The van der Waals surface area contributed by atoms with Crippen LogP contribution in [-0.4, -0.2) is 62.5 Å². The van der Waals surface area contributed by atoms with Gasteiger partial charge in [-0.05, 0) is 53.9 Å². The van der Waals surface area contributed by atoms with E-state index in [2.05, 4.69) is 20.7 Å². The number of nitrogens with zero attached hydrogens (tertiary/aromatic N) is 1. The maximum Gasteiger partial charge on any atom is 0.573 e. The van der Waals surface area contributed by atoms with Crippen LogP contribution in [0.1, 0.15) is 46.9 Å². The van der Waals surface area contributed by atoms with Gasteiger partial charge in [-0.3, -0.25) is 9.59 Å². The maximum atomic E-state index is 13.9. The van der Waals surface area contributed by atoms with Crippen molar-refractivity contribution in [2.75, 3.05) is 33.4 Å². The second kappa shape index (κ2) is 14.9. The van der Waals surface area contributed by atoms with Crippen LogP contribution in [-0.2, 0) is 4.79 Å². The lowest BCUT2D eigenvalue weighted by Crippen LogP contribution is -2.54. The minimum atomic E-state index is -4.97. The summed E-state index contributed by atoms with van der Waals surface area (Å²) in [6.07, 6.45) is -4.31. The minimum Gasteiger partial charge on any atom is -0.497 e. The Hall–Kier alpha value is -4.65. The van der Waals surface area contributed by atoms with Gasteiger partial charge in [-0.15, -0.1) is 13.2 Å². The Morgan fingerprint density at radius 3 is 2.40 bits per heavy atom. The Balaban J connectivity index is 1.79. The van der Waals surface area contributed by atoms with Crippen LogP contribution in [0.3, 0.4) is 0 Å². The first-order chi connectivity index (χ1) is 21.5. The van der Waals surface area contributed by atoms with Crippen molar-refractivity contribution in [2.45, 2.75) is 31.8 Å². The normalized spacial score (nSPS) is 14.5. The van der Waals surface area contributed by atoms with E-state index in [1.165, 1.54) is 30.2 Å². The lowest BCUT2D eigenvalue weighted by molar-refractivity contribution is -0.274. The van der Waals surface area contributed by atoms with E-state index >= 15 is 0 Å². The van der Waals surface area contributed by atoms with Crippen LogP contribution in [0.15, 0.2) is 66.7 Å². The fourth-order valence-corrected chi connectivity index (χ4v) is 4.82. The summed E-state index contributed by atoms with van der Waals surface area (Å²) >= 11 is 6.13. The van der Waals surface area contributed by atoms with Gasteiger partial charge in [-0.25, -0.2) is 4.79 Å². The average molecular weight is 649 g/mol. The molecule has 0 aromatic heterocycles. The zero-order chi connectivity index (χ0) is 32.6. The Bertz CT molecular complexity index is 1510. The van der Waals surface area contributed by atoms with E-state index in [4.69, 9.17) is 21.1 Å². The molecule has 3 aromatic carbocycles. The zero-order valence-corrected chi connectivity index (χ0v) is 25.2. The minimum absolute atomic E-state index is 0.130. The summed E-state index contributed by atoms with van der Waals surface area (Å²) in [4.78, 5) is 40.7. The van der Waals surface area contributed by atoms with E-state index in [0.29, 0.717) is 29.4 Å². The number of methoxy groups -OCH3 is 1. The van der Waals surface area contributed by atoms with Crippen LogP contribution < -0.4 is 30.2 Å². The van der Waals surface area contributed by atoms with Crippen molar-refractivity contribution < 1.29 is 41.8 Å². The van der Waals surface area contributed by atoms with E-state index in [1.54, 1.807) is 36.4 Å². The van der Waals surface area contributed by atoms with Gasteiger partial charge in [0.05, 0.1) is 31.4 Å². The lowest BCUT2D eigenvalue weighted by atomic mass is 9.92. The summed E-state index contributed by atoms with van der Waals surface area (Å²) in [5, 5.41) is 8.79. The van der Waals surface area contributed by atoms with Crippen LogP contribution in [0.2, 0.25) is 5.02 Å². The number of nitrogens with one attached hydrogen (secondary N) is 3. The van der Waals surface area contributed by atoms with Crippen molar-refractivity contribution in [1.82, 2.24) is 20.9 Å². The number of carbonyl (C=O) groups excluding carboxylic acids is 3. The molecule has 3 N–H and O–H groups in total. The van der Waals surface area contributed by atoms with Crippen molar-refractivity contribution >= 4 is 29.4 Å². The Kier molecular flexibility index (Phi) is 11.0. The first-order valence-electron chi connectivity index (χ1n) is 14.0. The molecule has 14 heteroatoms. The van der Waals surface area contributed by atoms with Crippen molar-refractivity contribution in [3.8, 4) is 17.2 Å². The molecule has 4 rings (SSSR count). The van der Waals surface area contributed by atoms with Gasteiger partial charge in [-0.1, -0.05) is 42.8 Å². The molecular weight excluding hydrogens is 617 g/mol. The highest BCUT2D eigenvalue weighted by Gasteiger charge is 2.34. The molecule has 1 saturated heterocycles. The van der Waals surface area contributed by atoms with E-state index in [1.807, 2.05) is 6.92 Å². The van der Waals surface area contributed by atoms with Crippen LogP contribution in [0.5, 0.6) is 17.2 Å². The quantitative estimate of drug-likeness (QED) is 0.257. The third kappa shape index (κ3) is 9.17. The van der Waals surface area contributed by atoms with Crippen molar-refractivity contribution in [3.63, 3.8) is 0 Å². The number of hydrogen-bond donors (Lipinski definition) is 3. The number of ether oxygens (including phenoxy) is 3. The lowest BCUT2D eigenvalue weighted by Gasteiger charge is -2.33. The van der Waals surface area contributed by atoms with Crippen molar-refractivity contribution in [3.05, 3.63) is 88.4 Å². The predicted molar refractivity (Wildman–Crippen MR) is 159 cm³/mol. The number of amides is 4. The molecule has 4 amide bonds. The number of rotatable bonds is 11. The van der Waals surface area contributed by atoms with Gasteiger partial charge in [0.15, 0.2) is 0 Å². The standard InChI is InChI=1S/C31H32ClF3N4O6/c1-3-15-44-25-17-22(43-2)11-12-24(25)29(41)37-28(20-5-4-6-23(16-20)45-31(33,34)35)27(19-7-9-21(32)10-8-19)38-30(42)39-14-13-36-26(40)18-39/h4-12,16-17,27-28H,3,13-15,18H2,1-2H3,(H,36,40)(H,37,41)(H,38,42)/t27-,28+/m1/s1. The highest BCUT2D eigenvalue weighted by molar-refractivity contribution is 6.30. The second-order valence-corrected chi connectivity index (χ2v) is 10.5. The highest BCUT2D eigenvalue weighted by Crippen LogP contribution is 2.34. The molecule has 10 nitrogen and oxygen atoms in total. The fourth-order valence-electron chi connectivity index (χ4n) is 4.70. The SMILES string of the molecule is CCCOc1cc(OC)ccc1C(=O)N[C@@H](c1cccc(OC(F)(F)F)c1)[C@H](NC(=O)N1CCNC(=O)C1)c1ccc(Cl)cc1. The first kappa shape index (κ1) is 33.2. The molecule has 0 bridgehead atoms. The molecule has 0 radical (unpaired) electrons. The van der Waals surface area contributed by atoms with E-state index in [-0.39, 0.29) is 42.4 Å². The third-order valence-electron chi connectivity index (χ3n) is 6.80. The van der Waals surface area contributed by atoms with Gasteiger partial charge < -0.3 is 35.1 Å². The van der Waals surface area contributed by atoms with Gasteiger partial charge in [0.25, 0.3) is 5.91 Å². The summed E-state index contributed by atoms with van der Waals surface area (Å²) in [7, 11) is 1.47. The molecule has 1 heterocycles. The maximum absolute atomic E-state index is 13.9. The molecule has 3 aromatic rings. The Morgan fingerprint density at radius 1 is 1.00 bits per heavy atom. The molecule has 2 atom stereocenters. The zero-order valence-electron chi connectivity index (χ0n) is 24.4. The van der Waals surface area contributed by atoms with Crippen molar-refractivity contribution in [2.24, 2.45) is 0 Å². The average Bonchev–Trinajstić information content (AvgIpc) is 3.01. The molecule has 0 aliphatic carbocycles. The summed E-state index contributed by atoms with van der Waals surface area (Å²) < 4.78 is 54.7. The van der Waals surface area contributed by atoms with E-state index in [0.717, 1.165) is 12.1 Å². The summed E-state index contributed by atoms with van der Waals surface area (Å²) in [5.74, 6) is -0.831. The second-order valence-electron chi connectivity index (χ2n) is 10.0. The van der Waals surface area contributed by atoms with Gasteiger partial charge in [-0.2, -0.15) is 0 Å². The molecule has 0 spiro atoms. The van der Waals surface area contributed by atoms with E-state index in [9.17, 15) is 27.6 Å². The molecule has 1 aliphatic rings. The Morgan fingerprint density at radius 2 is 1.73 bits per heavy atom. The first-order valence-corrected chi connectivity index (χ1v) is 14.4. The molecule has 0 saturated carbocycles. The Labute approximate surface area is 262 Å². The number of urea groups is 1. The number of piperazine rings is 1. The summed E-state index contributed by atoms with van der Waals surface area (Å²) in [5.41, 5.74) is 0.788. The van der Waals surface area contributed by atoms with Gasteiger partial charge in [0, 0.05) is 24.2 Å². The molecule has 45 heavy (non-hydrogen) atoms. The number of alkyl halides is 3. The fraction of sp³-hybridized carbons (Fsp3) is 0.323. The third-order valence-corrected chi connectivity index (χ3v) is 7.05. The van der Waals surface area contributed by atoms with Crippen molar-refractivity contribution in [1.29, 1.82) is 0 Å². The summed E-state index contributed by atoms with van der Waals surface area (Å²) in [6, 6.07) is 13.3. The van der Waals surface area contributed by atoms with Gasteiger partial charge >= 0.3 is 12.4 Å². The van der Waals surface area contributed by atoms with Crippen LogP contribution in [0.4, 0.5) is 18.0 Å². The number of hydrogen-bond acceptors (Lipinski definition) is 6. The summed E-state index contributed by atoms with van der Waals surface area (Å²) in [6.45, 7) is 2.47. The van der Waals surface area contributed by atoms with E-state index < -0.39 is 36.1 Å². The van der Waals surface area contributed by atoms with Crippen LogP contribution in [0, 0.1) is 0 Å². The molecule has 0 unspecified atom stereocenters. The van der Waals surface area contributed by atoms with Gasteiger partial charge in [0.2, 0.25) is 5.91 Å². The predicted octanol–water partition coefficient (Wildman–Crippen LogP) is 5.39. The molecule has 1 aliphatic heterocycles. The number of carbonyl (C=O) groups is 3. The largest absolute Gasteiger partial charge is 0.573 e. The monoisotopic (exact) mass is 648 g/mol. The number of benzene rings is 3. The molecular formula is C31H32ClF3N4O6. The molecule has 240 valence electrons. The highest BCUT2D eigenvalue weighted by atomic mass is 35.5. The van der Waals surface area contributed by atoms with Crippen LogP contribution >= 0.6 is 11.6 Å².